The molecule has 0 aromatic heterocycles. The minimum Gasteiger partial charge on any atom is -0.255 e. The molecule has 2 aliphatic heterocycles. The fourth-order valence-corrected chi connectivity index (χ4v) is 1.20. The fraction of sp³-hybridized carbons (Fsp3) is 0.200. The predicted octanol–water partition coefficient (Wildman–Crippen LogP) is 0.631. The van der Waals surface area contributed by atoms with Crippen LogP contribution in [-0.2, 0) is 0 Å². The van der Waals surface area contributed by atoms with Crippen molar-refractivity contribution in [3.8, 4) is 0 Å². The Morgan fingerprint density at radius 2 is 2.20 bits per heavy atom. The molecule has 2 rings (SSSR count). The summed E-state index contributed by atoms with van der Waals surface area (Å²) >= 11 is 3.26. The van der Waals surface area contributed by atoms with Crippen LogP contribution in [0.3, 0.4) is 0 Å². The zero-order valence-corrected chi connectivity index (χ0v) is 6.48. The van der Waals surface area contributed by atoms with Crippen molar-refractivity contribution in [1.29, 1.82) is 0 Å². The van der Waals surface area contributed by atoms with Crippen LogP contribution >= 0.6 is 15.9 Å². The molecule has 5 heteroatoms. The Morgan fingerprint density at radius 3 is 3.00 bits per heavy atom. The van der Waals surface area contributed by atoms with Crippen molar-refractivity contribution in [2.75, 3.05) is 0 Å². The van der Waals surface area contributed by atoms with E-state index in [0.29, 0.717) is 5.84 Å². The van der Waals surface area contributed by atoms with Gasteiger partial charge in [-0.05, 0) is 15.9 Å². The maximum absolute atomic E-state index is 4.02. The molecule has 2 heterocycles. The number of nitrogens with zero attached hydrogens (tertiary/aromatic N) is 4. The van der Waals surface area contributed by atoms with Crippen LogP contribution in [0.25, 0.3) is 0 Å². The third-order valence-electron chi connectivity index (χ3n) is 1.25. The molecule has 0 saturated heterocycles. The number of fused-ring (bicyclic) bond motifs is 1. The Balaban J connectivity index is 2.43. The number of hydrogen-bond acceptors (Lipinski definition) is 4. The Kier molecular flexibility index (Phi) is 1.23. The SMILES string of the molecule is BrC1=NC=NC2=NC=NC12. The Bertz CT molecular complexity index is 275. The fourth-order valence-electron chi connectivity index (χ4n) is 0.782. The van der Waals surface area contributed by atoms with Crippen molar-refractivity contribution in [3.63, 3.8) is 0 Å². The highest BCUT2D eigenvalue weighted by Gasteiger charge is 2.23. The van der Waals surface area contributed by atoms with Gasteiger partial charge in [-0.25, -0.2) is 15.0 Å². The average Bonchev–Trinajstić information content (AvgIpc) is 2.36. The van der Waals surface area contributed by atoms with Gasteiger partial charge in [0.25, 0.3) is 0 Å². The molecule has 1 unspecified atom stereocenters. The first-order valence-corrected chi connectivity index (χ1v) is 3.52. The van der Waals surface area contributed by atoms with Crippen LogP contribution in [0.15, 0.2) is 20.0 Å². The Hall–Kier alpha value is -0.840. The van der Waals surface area contributed by atoms with Gasteiger partial charge >= 0.3 is 0 Å². The Labute approximate surface area is 65.6 Å². The van der Waals surface area contributed by atoms with Gasteiger partial charge in [-0.3, -0.25) is 4.99 Å². The standard InChI is InChI=1S/C5H3BrN4/c6-4-3-5(9-1-7-3)10-2-8-4/h1-3H. The normalized spacial score (nSPS) is 27.9. The van der Waals surface area contributed by atoms with Crippen LogP contribution in [0.1, 0.15) is 0 Å². The molecule has 0 aromatic rings. The van der Waals surface area contributed by atoms with E-state index >= 15 is 0 Å². The number of halogens is 1. The molecule has 0 N–H and O–H groups in total. The van der Waals surface area contributed by atoms with Crippen molar-refractivity contribution in [2.45, 2.75) is 6.04 Å². The summed E-state index contributed by atoms with van der Waals surface area (Å²) in [5.41, 5.74) is 0. The summed E-state index contributed by atoms with van der Waals surface area (Å²) < 4.78 is 0.773. The second-order valence-corrected chi connectivity index (χ2v) is 2.66. The van der Waals surface area contributed by atoms with Crippen LogP contribution in [0.2, 0.25) is 0 Å². The Morgan fingerprint density at radius 1 is 1.30 bits per heavy atom. The minimum absolute atomic E-state index is 0.0787. The molecule has 0 fully saturated rings. The summed E-state index contributed by atoms with van der Waals surface area (Å²) in [6.45, 7) is 0. The monoisotopic (exact) mass is 198 g/mol. The largest absolute Gasteiger partial charge is 0.255 e. The molecule has 0 spiro atoms. The molecular formula is C5H3BrN4. The number of aliphatic imine (C=N–C) groups is 4. The average molecular weight is 199 g/mol. The molecule has 0 bridgehead atoms. The van der Waals surface area contributed by atoms with E-state index < -0.39 is 0 Å². The van der Waals surface area contributed by atoms with Gasteiger partial charge < -0.3 is 0 Å². The van der Waals surface area contributed by atoms with Crippen molar-refractivity contribution < 1.29 is 0 Å². The molecule has 10 heavy (non-hydrogen) atoms. The zero-order chi connectivity index (χ0) is 6.97. The lowest BCUT2D eigenvalue weighted by Crippen LogP contribution is -2.23. The second-order valence-electron chi connectivity index (χ2n) is 1.85. The summed E-state index contributed by atoms with van der Waals surface area (Å²) in [6.07, 6.45) is 2.97. The van der Waals surface area contributed by atoms with E-state index in [4.69, 9.17) is 0 Å². The van der Waals surface area contributed by atoms with E-state index in [1.54, 1.807) is 0 Å². The van der Waals surface area contributed by atoms with E-state index in [-0.39, 0.29) is 6.04 Å². The lowest BCUT2D eigenvalue weighted by molar-refractivity contribution is 1.16. The van der Waals surface area contributed by atoms with Gasteiger partial charge in [0.1, 0.15) is 17.3 Å². The first-order valence-electron chi connectivity index (χ1n) is 2.73. The number of hydrogen-bond donors (Lipinski definition) is 0. The molecular weight excluding hydrogens is 196 g/mol. The van der Waals surface area contributed by atoms with Crippen LogP contribution in [0.4, 0.5) is 0 Å². The highest BCUT2D eigenvalue weighted by atomic mass is 79.9. The first-order chi connectivity index (χ1) is 4.88. The van der Waals surface area contributed by atoms with Gasteiger partial charge in [-0.2, -0.15) is 0 Å². The zero-order valence-electron chi connectivity index (χ0n) is 4.90. The molecule has 50 valence electrons. The highest BCUT2D eigenvalue weighted by Crippen LogP contribution is 2.12. The minimum atomic E-state index is -0.0787. The number of rotatable bonds is 0. The quantitative estimate of drug-likeness (QED) is 0.549. The third-order valence-corrected chi connectivity index (χ3v) is 1.89. The van der Waals surface area contributed by atoms with Gasteiger partial charge in [-0.15, -0.1) is 0 Å². The van der Waals surface area contributed by atoms with Crippen LogP contribution in [0.5, 0.6) is 0 Å². The van der Waals surface area contributed by atoms with Gasteiger partial charge in [0.2, 0.25) is 0 Å². The highest BCUT2D eigenvalue weighted by molar-refractivity contribution is 9.18. The maximum Gasteiger partial charge on any atom is 0.163 e. The molecule has 0 amide bonds. The summed E-state index contributed by atoms with van der Waals surface area (Å²) in [5, 5.41) is 0. The molecule has 0 radical (unpaired) electrons. The molecule has 4 nitrogen and oxygen atoms in total. The van der Waals surface area contributed by atoms with Crippen molar-refractivity contribution >= 4 is 39.1 Å². The van der Waals surface area contributed by atoms with Crippen LogP contribution in [-0.4, -0.2) is 29.2 Å². The molecule has 0 saturated carbocycles. The summed E-state index contributed by atoms with van der Waals surface area (Å²) in [6, 6.07) is -0.0787. The van der Waals surface area contributed by atoms with Gasteiger partial charge in [0, 0.05) is 0 Å². The molecule has 0 aromatic carbocycles. The van der Waals surface area contributed by atoms with E-state index in [0.717, 1.165) is 4.62 Å². The summed E-state index contributed by atoms with van der Waals surface area (Å²) in [4.78, 5) is 15.8. The summed E-state index contributed by atoms with van der Waals surface area (Å²) in [5.74, 6) is 0.710. The van der Waals surface area contributed by atoms with Gasteiger partial charge in [-0.1, -0.05) is 0 Å². The van der Waals surface area contributed by atoms with E-state index in [2.05, 4.69) is 35.9 Å². The molecule has 0 aliphatic carbocycles. The maximum atomic E-state index is 4.02. The van der Waals surface area contributed by atoms with E-state index in [9.17, 15) is 0 Å². The van der Waals surface area contributed by atoms with Gasteiger partial charge in [0.15, 0.2) is 11.9 Å². The topological polar surface area (TPSA) is 49.4 Å². The third kappa shape index (κ3) is 0.740. The second kappa shape index (κ2) is 2.09. The molecule has 1 atom stereocenters. The van der Waals surface area contributed by atoms with Crippen LogP contribution < -0.4 is 0 Å². The number of amidine groups is 1. The lowest BCUT2D eigenvalue weighted by atomic mass is 10.3. The first kappa shape index (κ1) is 5.91. The van der Waals surface area contributed by atoms with Crippen LogP contribution in [0, 0.1) is 0 Å². The smallest absolute Gasteiger partial charge is 0.163 e. The van der Waals surface area contributed by atoms with Gasteiger partial charge in [0.05, 0.1) is 0 Å². The van der Waals surface area contributed by atoms with Crippen molar-refractivity contribution in [1.82, 2.24) is 0 Å². The van der Waals surface area contributed by atoms with E-state index in [1.165, 1.54) is 12.7 Å². The predicted molar refractivity (Wildman–Crippen MR) is 44.6 cm³/mol. The molecule has 2 aliphatic rings. The lowest BCUT2D eigenvalue weighted by Gasteiger charge is -2.06. The van der Waals surface area contributed by atoms with Crippen molar-refractivity contribution in [3.05, 3.63) is 0 Å². The van der Waals surface area contributed by atoms with E-state index in [1.807, 2.05) is 0 Å². The summed E-state index contributed by atoms with van der Waals surface area (Å²) in [7, 11) is 0. The van der Waals surface area contributed by atoms with Crippen molar-refractivity contribution in [2.24, 2.45) is 20.0 Å².